The predicted molar refractivity (Wildman–Crippen MR) is 130 cm³/mol. The van der Waals surface area contributed by atoms with Crippen LogP contribution >= 0.6 is 11.6 Å². The van der Waals surface area contributed by atoms with Crippen LogP contribution in [0.2, 0.25) is 5.02 Å². The maximum absolute atomic E-state index is 15.0. The zero-order chi connectivity index (χ0) is 24.0. The van der Waals surface area contributed by atoms with Gasteiger partial charge in [-0.3, -0.25) is 0 Å². The van der Waals surface area contributed by atoms with Crippen molar-refractivity contribution in [2.45, 2.75) is 19.4 Å². The number of fused-ring (bicyclic) bond motifs is 1. The lowest BCUT2D eigenvalue weighted by atomic mass is 10.0. The van der Waals surface area contributed by atoms with E-state index in [1.54, 1.807) is 17.9 Å². The molecule has 4 aromatic rings. The van der Waals surface area contributed by atoms with Gasteiger partial charge >= 0.3 is 0 Å². The van der Waals surface area contributed by atoms with E-state index >= 15 is 0 Å². The maximum Gasteiger partial charge on any atom is 0.227 e. The molecule has 1 fully saturated rings. The van der Waals surface area contributed by atoms with E-state index in [4.69, 9.17) is 16.6 Å². The standard InChI is InChI=1S/C25H25ClF2N6/c1-15-19(26)12-20(27)21(22(15)28)23-18-13-29-25(30-24(18)33(3)31-23)34-10-9-32(2)14-17(34)11-16-7-5-4-6-8-16/h4-8,12-13,17H,9-11,14H2,1-3H3. The van der Waals surface area contributed by atoms with Crippen molar-refractivity contribution in [3.63, 3.8) is 0 Å². The van der Waals surface area contributed by atoms with Crippen LogP contribution < -0.4 is 4.90 Å². The van der Waals surface area contributed by atoms with Gasteiger partial charge in [0.25, 0.3) is 0 Å². The van der Waals surface area contributed by atoms with Crippen LogP contribution in [0, 0.1) is 18.6 Å². The highest BCUT2D eigenvalue weighted by atomic mass is 35.5. The molecule has 9 heteroatoms. The van der Waals surface area contributed by atoms with Crippen LogP contribution in [0.5, 0.6) is 0 Å². The molecule has 34 heavy (non-hydrogen) atoms. The zero-order valence-corrected chi connectivity index (χ0v) is 20.0. The predicted octanol–water partition coefficient (Wildman–Crippen LogP) is 4.63. The molecule has 0 bridgehead atoms. The molecular weight excluding hydrogens is 458 g/mol. The molecule has 1 aliphatic heterocycles. The Hall–Kier alpha value is -3.10. The van der Waals surface area contributed by atoms with Crippen molar-refractivity contribution in [2.24, 2.45) is 7.05 Å². The van der Waals surface area contributed by atoms with Gasteiger partial charge < -0.3 is 9.80 Å². The molecule has 0 aliphatic carbocycles. The Balaban J connectivity index is 1.55. The number of halogens is 3. The molecule has 3 heterocycles. The Bertz CT molecular complexity index is 1360. The molecule has 0 N–H and O–H groups in total. The Kier molecular flexibility index (Phi) is 5.95. The monoisotopic (exact) mass is 482 g/mol. The van der Waals surface area contributed by atoms with Gasteiger partial charge in [0.1, 0.15) is 17.3 Å². The first-order valence-electron chi connectivity index (χ1n) is 11.2. The van der Waals surface area contributed by atoms with E-state index in [9.17, 15) is 8.78 Å². The summed E-state index contributed by atoms with van der Waals surface area (Å²) < 4.78 is 31.3. The summed E-state index contributed by atoms with van der Waals surface area (Å²) in [5.41, 5.74) is 1.89. The fraction of sp³-hybridized carbons (Fsp3) is 0.320. The lowest BCUT2D eigenvalue weighted by Crippen LogP contribution is -2.53. The summed E-state index contributed by atoms with van der Waals surface area (Å²) in [6, 6.07) is 11.7. The summed E-state index contributed by atoms with van der Waals surface area (Å²) in [4.78, 5) is 13.9. The van der Waals surface area contributed by atoms with Crippen molar-refractivity contribution in [3.8, 4) is 11.3 Å². The lowest BCUT2D eigenvalue weighted by molar-refractivity contribution is 0.264. The quantitative estimate of drug-likeness (QED) is 0.424. The molecule has 176 valence electrons. The van der Waals surface area contributed by atoms with Gasteiger partial charge in [0.15, 0.2) is 5.65 Å². The van der Waals surface area contributed by atoms with Gasteiger partial charge in [0.05, 0.1) is 10.9 Å². The average Bonchev–Trinajstić information content (AvgIpc) is 3.14. The molecule has 1 aliphatic rings. The third-order valence-corrected chi connectivity index (χ3v) is 6.85. The van der Waals surface area contributed by atoms with E-state index in [1.807, 2.05) is 18.2 Å². The molecular formula is C25H25ClF2N6. The Morgan fingerprint density at radius 2 is 1.88 bits per heavy atom. The van der Waals surface area contributed by atoms with E-state index in [-0.39, 0.29) is 27.9 Å². The summed E-state index contributed by atoms with van der Waals surface area (Å²) >= 11 is 5.95. The number of nitrogens with zero attached hydrogens (tertiary/aromatic N) is 6. The average molecular weight is 483 g/mol. The van der Waals surface area contributed by atoms with E-state index in [0.717, 1.165) is 32.1 Å². The molecule has 0 radical (unpaired) electrons. The van der Waals surface area contributed by atoms with Crippen LogP contribution in [0.25, 0.3) is 22.3 Å². The van der Waals surface area contributed by atoms with Gasteiger partial charge in [-0.15, -0.1) is 0 Å². The van der Waals surface area contributed by atoms with Crippen molar-refractivity contribution in [3.05, 3.63) is 70.4 Å². The third-order valence-electron chi connectivity index (χ3n) is 6.46. The van der Waals surface area contributed by atoms with E-state index in [2.05, 4.69) is 39.1 Å². The second-order valence-corrected chi connectivity index (χ2v) is 9.24. The molecule has 5 rings (SSSR count). The topological polar surface area (TPSA) is 50.1 Å². The molecule has 1 unspecified atom stereocenters. The lowest BCUT2D eigenvalue weighted by Gasteiger charge is -2.40. The largest absolute Gasteiger partial charge is 0.335 e. The van der Waals surface area contributed by atoms with Crippen LogP contribution in [-0.2, 0) is 13.5 Å². The van der Waals surface area contributed by atoms with Crippen molar-refractivity contribution >= 4 is 28.6 Å². The second-order valence-electron chi connectivity index (χ2n) is 8.83. The number of benzene rings is 2. The van der Waals surface area contributed by atoms with E-state index < -0.39 is 11.6 Å². The summed E-state index contributed by atoms with van der Waals surface area (Å²) in [7, 11) is 3.83. The molecule has 1 saturated heterocycles. The Morgan fingerprint density at radius 1 is 1.12 bits per heavy atom. The minimum absolute atomic E-state index is 0.0389. The highest BCUT2D eigenvalue weighted by molar-refractivity contribution is 6.31. The summed E-state index contributed by atoms with van der Waals surface area (Å²) in [6.45, 7) is 4.07. The minimum atomic E-state index is -0.765. The van der Waals surface area contributed by atoms with Gasteiger partial charge in [0.2, 0.25) is 5.95 Å². The van der Waals surface area contributed by atoms with Gasteiger partial charge in [-0.2, -0.15) is 10.1 Å². The summed E-state index contributed by atoms with van der Waals surface area (Å²) in [6.07, 6.45) is 2.48. The fourth-order valence-electron chi connectivity index (χ4n) is 4.59. The van der Waals surface area contributed by atoms with Crippen molar-refractivity contribution in [1.29, 1.82) is 0 Å². The number of aromatic nitrogens is 4. The number of aryl methyl sites for hydroxylation is 1. The molecule has 6 nitrogen and oxygen atoms in total. The highest BCUT2D eigenvalue weighted by Gasteiger charge is 2.29. The van der Waals surface area contributed by atoms with Gasteiger partial charge in [0, 0.05) is 49.5 Å². The first-order chi connectivity index (χ1) is 16.3. The molecule has 0 spiro atoms. The molecule has 1 atom stereocenters. The van der Waals surface area contributed by atoms with E-state index in [0.29, 0.717) is 17.0 Å². The third kappa shape index (κ3) is 4.01. The smallest absolute Gasteiger partial charge is 0.227 e. The maximum atomic E-state index is 15.0. The highest BCUT2D eigenvalue weighted by Crippen LogP contribution is 2.35. The van der Waals surface area contributed by atoms with Gasteiger partial charge in [-0.25, -0.2) is 18.4 Å². The number of piperazine rings is 1. The van der Waals surface area contributed by atoms with Crippen molar-refractivity contribution in [1.82, 2.24) is 24.6 Å². The van der Waals surface area contributed by atoms with Gasteiger partial charge in [-0.1, -0.05) is 41.9 Å². The molecule has 2 aromatic carbocycles. The summed E-state index contributed by atoms with van der Waals surface area (Å²) in [5.74, 6) is -0.903. The van der Waals surface area contributed by atoms with E-state index in [1.165, 1.54) is 12.5 Å². The first-order valence-corrected chi connectivity index (χ1v) is 11.5. The summed E-state index contributed by atoms with van der Waals surface area (Å²) in [5, 5.41) is 4.93. The van der Waals surface area contributed by atoms with Gasteiger partial charge in [-0.05, 0) is 32.0 Å². The second kappa shape index (κ2) is 8.92. The van der Waals surface area contributed by atoms with Crippen molar-refractivity contribution in [2.75, 3.05) is 31.6 Å². The molecule has 0 amide bonds. The normalized spacial score (nSPS) is 17.0. The SMILES string of the molecule is Cc1c(Cl)cc(F)c(-c2nn(C)c3nc(N4CCN(C)CC4Cc4ccccc4)ncc23)c1F. The van der Waals surface area contributed by atoms with Crippen LogP contribution in [0.3, 0.4) is 0 Å². The number of hydrogen-bond acceptors (Lipinski definition) is 5. The zero-order valence-electron chi connectivity index (χ0n) is 19.3. The number of anilines is 1. The number of hydrogen-bond donors (Lipinski definition) is 0. The minimum Gasteiger partial charge on any atom is -0.335 e. The number of rotatable bonds is 4. The van der Waals surface area contributed by atoms with Crippen LogP contribution in [-0.4, -0.2) is 57.4 Å². The Labute approximate surface area is 201 Å². The van der Waals surface area contributed by atoms with Crippen molar-refractivity contribution < 1.29 is 8.78 Å². The first kappa shape index (κ1) is 22.7. The molecule has 2 aromatic heterocycles. The molecule has 0 saturated carbocycles. The number of likely N-dealkylation sites (N-methyl/N-ethyl adjacent to an activating group) is 1. The van der Waals surface area contributed by atoms with Crippen LogP contribution in [0.1, 0.15) is 11.1 Å². The van der Waals surface area contributed by atoms with Crippen LogP contribution in [0.15, 0.2) is 42.6 Å². The fourth-order valence-corrected chi connectivity index (χ4v) is 4.77. The van der Waals surface area contributed by atoms with Crippen LogP contribution in [0.4, 0.5) is 14.7 Å². The Morgan fingerprint density at radius 3 is 2.65 bits per heavy atom.